The normalized spacial score (nSPS) is 12.0. The number of carboxylic acid groups (broad SMARTS) is 1. The topological polar surface area (TPSA) is 92.9 Å². The molecule has 7 nitrogen and oxygen atoms in total. The zero-order valence-corrected chi connectivity index (χ0v) is 16.2. The first-order valence-corrected chi connectivity index (χ1v) is 8.69. The van der Waals surface area contributed by atoms with E-state index < -0.39 is 17.5 Å². The van der Waals surface area contributed by atoms with E-state index in [-0.39, 0.29) is 23.6 Å². The van der Waals surface area contributed by atoms with Crippen LogP contribution < -0.4 is 10.3 Å². The van der Waals surface area contributed by atoms with Gasteiger partial charge in [-0.25, -0.2) is 9.18 Å². The van der Waals surface area contributed by atoms with Gasteiger partial charge in [-0.2, -0.15) is 0 Å². The number of carboxylic acids is 1. The van der Waals surface area contributed by atoms with Crippen molar-refractivity contribution < 1.29 is 28.6 Å². The maximum atomic E-state index is 13.6. The molecule has 0 bridgehead atoms. The van der Waals surface area contributed by atoms with E-state index in [1.807, 2.05) is 0 Å². The first-order valence-electron chi connectivity index (χ1n) is 8.69. The lowest BCUT2D eigenvalue weighted by molar-refractivity contribution is -0.116. The molecule has 0 aliphatic carbocycles. The molecule has 0 spiro atoms. The van der Waals surface area contributed by atoms with Gasteiger partial charge in [0.15, 0.2) is 5.82 Å². The highest BCUT2D eigenvalue weighted by molar-refractivity contribution is 6.00. The van der Waals surface area contributed by atoms with Crippen LogP contribution in [0.4, 0.5) is 14.6 Å². The summed E-state index contributed by atoms with van der Waals surface area (Å²) in [4.78, 5) is 30.9. The Morgan fingerprint density at radius 2 is 2.00 bits per heavy atom. The van der Waals surface area contributed by atoms with Gasteiger partial charge < -0.3 is 15.0 Å². The number of carbonyl (C=O) groups is 2. The average molecular weight is 405 g/mol. The first-order chi connectivity index (χ1) is 13.7. The SMILES string of the molecule is CC(=N/C=C(\C)CCC(=O)Nc1cn(C)cc1C(=O)O)c1ccc(OF)c(F)c1. The molecule has 0 saturated carbocycles. The van der Waals surface area contributed by atoms with Gasteiger partial charge >= 0.3 is 5.97 Å². The summed E-state index contributed by atoms with van der Waals surface area (Å²) in [6.45, 7) is 3.46. The van der Waals surface area contributed by atoms with Crippen LogP contribution in [0, 0.1) is 5.82 Å². The molecule has 1 aromatic heterocycles. The molecule has 2 N–H and O–H groups in total. The molecule has 9 heteroatoms. The van der Waals surface area contributed by atoms with Crippen LogP contribution in [-0.2, 0) is 11.8 Å². The Morgan fingerprint density at radius 3 is 2.62 bits per heavy atom. The molecule has 0 fully saturated rings. The van der Waals surface area contributed by atoms with Gasteiger partial charge in [-0.1, -0.05) is 5.57 Å². The smallest absolute Gasteiger partial charge is 0.339 e. The fraction of sp³-hybridized carbons (Fsp3) is 0.250. The standard InChI is InChI=1S/C20H21F2N3O4/c1-12(9-23-13(2)14-5-6-18(29-22)16(21)8-14)4-7-19(26)24-17-11-25(3)10-15(17)20(27)28/h5-6,8-11H,4,7H2,1-3H3,(H,24,26)(H,27,28)/b12-9+,23-13?. The number of amides is 1. The van der Waals surface area contributed by atoms with Crippen molar-refractivity contribution in [2.45, 2.75) is 26.7 Å². The Balaban J connectivity index is 1.96. The molecule has 1 heterocycles. The summed E-state index contributed by atoms with van der Waals surface area (Å²) in [6, 6.07) is 3.76. The minimum absolute atomic E-state index is 0.0183. The van der Waals surface area contributed by atoms with Gasteiger partial charge in [0.25, 0.3) is 0 Å². The number of allylic oxidation sites excluding steroid dienone is 1. The summed E-state index contributed by atoms with van der Waals surface area (Å²) >= 11 is 0. The van der Waals surface area contributed by atoms with Crippen molar-refractivity contribution in [3.63, 3.8) is 0 Å². The average Bonchev–Trinajstić information content (AvgIpc) is 3.04. The minimum atomic E-state index is -1.12. The lowest BCUT2D eigenvalue weighted by Crippen LogP contribution is -2.13. The lowest BCUT2D eigenvalue weighted by Gasteiger charge is -2.05. The van der Waals surface area contributed by atoms with Gasteiger partial charge in [0.05, 0.1) is 5.69 Å². The van der Waals surface area contributed by atoms with E-state index in [2.05, 4.69) is 15.3 Å². The largest absolute Gasteiger partial charge is 0.478 e. The molecule has 1 aromatic carbocycles. The van der Waals surface area contributed by atoms with Crippen LogP contribution in [0.2, 0.25) is 0 Å². The van der Waals surface area contributed by atoms with Crippen LogP contribution in [0.1, 0.15) is 42.6 Å². The molecular formula is C20H21F2N3O4. The molecule has 1 amide bonds. The highest BCUT2D eigenvalue weighted by Gasteiger charge is 2.14. The predicted molar refractivity (Wildman–Crippen MR) is 104 cm³/mol. The van der Waals surface area contributed by atoms with Gasteiger partial charge in [0.2, 0.25) is 11.7 Å². The number of halogens is 2. The van der Waals surface area contributed by atoms with Crippen molar-refractivity contribution in [1.29, 1.82) is 0 Å². The van der Waals surface area contributed by atoms with E-state index in [1.165, 1.54) is 24.5 Å². The summed E-state index contributed by atoms with van der Waals surface area (Å²) in [5, 5.41) is 11.7. The number of aryl methyl sites for hydroxylation is 1. The van der Waals surface area contributed by atoms with Crippen molar-refractivity contribution >= 4 is 23.3 Å². The molecule has 0 atom stereocenters. The summed E-state index contributed by atoms with van der Waals surface area (Å²) in [7, 11) is 1.67. The molecule has 2 rings (SSSR count). The van der Waals surface area contributed by atoms with E-state index in [0.29, 0.717) is 17.7 Å². The Kier molecular flexibility index (Phi) is 7.24. The number of benzene rings is 1. The number of aromatic carboxylic acids is 1. The number of nitrogens with one attached hydrogen (secondary N) is 1. The third-order valence-electron chi connectivity index (χ3n) is 4.12. The van der Waals surface area contributed by atoms with Crippen LogP contribution >= 0.6 is 0 Å². The fourth-order valence-corrected chi connectivity index (χ4v) is 2.51. The van der Waals surface area contributed by atoms with Gasteiger partial charge in [-0.15, -0.1) is 0 Å². The van der Waals surface area contributed by atoms with E-state index in [0.717, 1.165) is 11.6 Å². The van der Waals surface area contributed by atoms with Gasteiger partial charge in [-0.05, 0) is 44.0 Å². The Bertz CT molecular complexity index is 980. The maximum absolute atomic E-state index is 13.6. The maximum Gasteiger partial charge on any atom is 0.339 e. The monoisotopic (exact) mass is 405 g/mol. The number of hydrogen-bond donors (Lipinski definition) is 2. The Labute approximate surface area is 166 Å². The Morgan fingerprint density at radius 1 is 1.28 bits per heavy atom. The minimum Gasteiger partial charge on any atom is -0.478 e. The molecule has 0 aliphatic rings. The summed E-state index contributed by atoms with van der Waals surface area (Å²) in [6.07, 6.45) is 5.04. The number of anilines is 1. The molecule has 0 aliphatic heterocycles. The number of carbonyl (C=O) groups excluding carboxylic acids is 1. The molecule has 29 heavy (non-hydrogen) atoms. The number of aromatic nitrogens is 1. The number of aliphatic imine (C=N–C) groups is 1. The van der Waals surface area contributed by atoms with Crippen LogP contribution in [-0.4, -0.2) is 27.3 Å². The van der Waals surface area contributed by atoms with E-state index in [4.69, 9.17) is 5.11 Å². The zero-order valence-electron chi connectivity index (χ0n) is 16.2. The molecule has 154 valence electrons. The summed E-state index contributed by atoms with van der Waals surface area (Å²) in [5.41, 5.74) is 2.03. The molecule has 0 unspecified atom stereocenters. The van der Waals surface area contributed by atoms with Crippen molar-refractivity contribution in [2.75, 3.05) is 5.32 Å². The van der Waals surface area contributed by atoms with Gasteiger partial charge in [0, 0.05) is 42.3 Å². The predicted octanol–water partition coefficient (Wildman–Crippen LogP) is 4.26. The van der Waals surface area contributed by atoms with Crippen molar-refractivity contribution in [2.24, 2.45) is 12.0 Å². The molecule has 2 aromatic rings. The molecule has 0 saturated heterocycles. The lowest BCUT2D eigenvalue weighted by atomic mass is 10.1. The van der Waals surface area contributed by atoms with Crippen LogP contribution in [0.5, 0.6) is 5.75 Å². The third-order valence-corrected chi connectivity index (χ3v) is 4.12. The highest BCUT2D eigenvalue weighted by atomic mass is 19.3. The quantitative estimate of drug-likeness (QED) is 0.642. The van der Waals surface area contributed by atoms with Crippen LogP contribution in [0.15, 0.2) is 47.4 Å². The fourth-order valence-electron chi connectivity index (χ4n) is 2.51. The zero-order chi connectivity index (χ0) is 21.6. The van der Waals surface area contributed by atoms with Crippen molar-refractivity contribution in [1.82, 2.24) is 4.57 Å². The van der Waals surface area contributed by atoms with E-state index in [9.17, 15) is 18.5 Å². The van der Waals surface area contributed by atoms with E-state index >= 15 is 0 Å². The molecular weight excluding hydrogens is 384 g/mol. The second-order valence-corrected chi connectivity index (χ2v) is 6.52. The summed E-state index contributed by atoms with van der Waals surface area (Å²) < 4.78 is 27.2. The number of rotatable bonds is 8. The Hall–Kier alpha value is -3.49. The van der Waals surface area contributed by atoms with Gasteiger partial charge in [-0.3, -0.25) is 14.7 Å². The summed E-state index contributed by atoms with van der Waals surface area (Å²) in [5.74, 6) is -2.78. The molecule has 0 radical (unpaired) electrons. The third kappa shape index (κ3) is 6.00. The van der Waals surface area contributed by atoms with Crippen LogP contribution in [0.25, 0.3) is 0 Å². The highest BCUT2D eigenvalue weighted by Crippen LogP contribution is 2.20. The van der Waals surface area contributed by atoms with Crippen LogP contribution in [0.3, 0.4) is 0 Å². The van der Waals surface area contributed by atoms with Crippen molar-refractivity contribution in [3.05, 3.63) is 59.3 Å². The number of nitrogens with zero attached hydrogens (tertiary/aromatic N) is 2. The second kappa shape index (κ2) is 9.63. The second-order valence-electron chi connectivity index (χ2n) is 6.52. The first kappa shape index (κ1) is 21.8. The number of hydrogen-bond acceptors (Lipinski definition) is 4. The van der Waals surface area contributed by atoms with E-state index in [1.54, 1.807) is 31.7 Å². The van der Waals surface area contributed by atoms with Gasteiger partial charge in [0.1, 0.15) is 5.56 Å². The van der Waals surface area contributed by atoms with Crippen molar-refractivity contribution in [3.8, 4) is 5.75 Å².